The van der Waals surface area contributed by atoms with Crippen molar-refractivity contribution < 1.29 is 14.3 Å². The molecule has 15 heavy (non-hydrogen) atoms. The van der Waals surface area contributed by atoms with E-state index < -0.39 is 5.97 Å². The van der Waals surface area contributed by atoms with Gasteiger partial charge in [-0.15, -0.1) is 0 Å². The summed E-state index contributed by atoms with van der Waals surface area (Å²) in [5.41, 5.74) is 1.62. The topological polar surface area (TPSA) is 55.7 Å². The van der Waals surface area contributed by atoms with E-state index >= 15 is 0 Å². The van der Waals surface area contributed by atoms with Crippen molar-refractivity contribution in [2.24, 2.45) is 4.99 Å². The van der Waals surface area contributed by atoms with Crippen LogP contribution in [0.3, 0.4) is 0 Å². The van der Waals surface area contributed by atoms with E-state index in [1.807, 2.05) is 0 Å². The van der Waals surface area contributed by atoms with E-state index in [2.05, 4.69) is 4.99 Å². The van der Waals surface area contributed by atoms with Crippen LogP contribution in [0.5, 0.6) is 0 Å². The first-order chi connectivity index (χ1) is 7.19. The second-order valence-corrected chi connectivity index (χ2v) is 2.92. The summed E-state index contributed by atoms with van der Waals surface area (Å²) in [6, 6.07) is 4.86. The Morgan fingerprint density at radius 3 is 2.87 bits per heavy atom. The molecule has 0 spiro atoms. The number of benzene rings is 1. The lowest BCUT2D eigenvalue weighted by atomic mass is 10.1. The highest BCUT2D eigenvalue weighted by Crippen LogP contribution is 2.18. The Balaban J connectivity index is 3.10. The molecule has 0 saturated heterocycles. The van der Waals surface area contributed by atoms with Crippen molar-refractivity contribution in [3.8, 4) is 0 Å². The number of nitrogens with zero attached hydrogens (tertiary/aromatic N) is 1. The smallest absolute Gasteiger partial charge is 0.338 e. The molecule has 0 aliphatic carbocycles. The number of carbonyl (C=O) groups excluding carboxylic acids is 2. The number of hydrogen-bond donors (Lipinski definition) is 0. The van der Waals surface area contributed by atoms with Crippen molar-refractivity contribution in [1.82, 2.24) is 0 Å². The summed E-state index contributed by atoms with van der Waals surface area (Å²) in [5.74, 6) is -0.405. The Morgan fingerprint density at radius 2 is 2.27 bits per heavy atom. The summed E-state index contributed by atoms with van der Waals surface area (Å²) in [4.78, 5) is 25.0. The lowest BCUT2D eigenvalue weighted by Crippen LogP contribution is -2.06. The Kier molecular flexibility index (Phi) is 3.77. The van der Waals surface area contributed by atoms with Crippen LogP contribution in [0.2, 0.25) is 0 Å². The van der Waals surface area contributed by atoms with Gasteiger partial charge in [0.25, 0.3) is 0 Å². The van der Waals surface area contributed by atoms with Crippen LogP contribution in [0.4, 0.5) is 5.69 Å². The zero-order chi connectivity index (χ0) is 11.3. The zero-order valence-electron chi connectivity index (χ0n) is 8.61. The number of esters is 1. The second-order valence-electron chi connectivity index (χ2n) is 2.92. The van der Waals surface area contributed by atoms with E-state index in [0.717, 1.165) is 5.56 Å². The lowest BCUT2D eigenvalue weighted by molar-refractivity contribution is 0.0525. The van der Waals surface area contributed by atoms with Crippen LogP contribution in [-0.2, 0) is 9.53 Å². The van der Waals surface area contributed by atoms with Crippen LogP contribution in [0.15, 0.2) is 23.2 Å². The van der Waals surface area contributed by atoms with Gasteiger partial charge in [-0.1, -0.05) is 6.07 Å². The lowest BCUT2D eigenvalue weighted by Gasteiger charge is -2.05. The molecule has 0 bridgehead atoms. The normalized spacial score (nSPS) is 9.20. The summed E-state index contributed by atoms with van der Waals surface area (Å²) < 4.78 is 4.86. The van der Waals surface area contributed by atoms with Gasteiger partial charge in [-0.25, -0.2) is 9.59 Å². The molecule has 0 aliphatic rings. The standard InChI is InChI=1S/C11H11NO3/c1-3-15-11(14)10-6-9(12-7-13)5-4-8(10)2/h4-6H,3H2,1-2H3. The molecule has 4 heteroatoms. The van der Waals surface area contributed by atoms with Crippen LogP contribution in [0.1, 0.15) is 22.8 Å². The number of carbonyl (C=O) groups is 1. The van der Waals surface area contributed by atoms with Gasteiger partial charge in [0.2, 0.25) is 6.08 Å². The molecule has 0 N–H and O–H groups in total. The van der Waals surface area contributed by atoms with Gasteiger partial charge in [0.05, 0.1) is 17.9 Å². The summed E-state index contributed by atoms with van der Waals surface area (Å²) in [7, 11) is 0. The number of aryl methyl sites for hydroxylation is 1. The van der Waals surface area contributed by atoms with Crippen molar-refractivity contribution in [1.29, 1.82) is 0 Å². The van der Waals surface area contributed by atoms with Gasteiger partial charge in [-0.3, -0.25) is 0 Å². The van der Waals surface area contributed by atoms with Crippen LogP contribution in [-0.4, -0.2) is 18.7 Å². The highest BCUT2D eigenvalue weighted by atomic mass is 16.5. The average molecular weight is 205 g/mol. The average Bonchev–Trinajstić information content (AvgIpc) is 2.21. The molecule has 0 unspecified atom stereocenters. The van der Waals surface area contributed by atoms with E-state index in [0.29, 0.717) is 17.9 Å². The summed E-state index contributed by atoms with van der Waals surface area (Å²) in [6.07, 6.45) is 1.42. The maximum Gasteiger partial charge on any atom is 0.338 e. The number of ether oxygens (including phenoxy) is 1. The molecule has 0 aliphatic heterocycles. The van der Waals surface area contributed by atoms with Crippen LogP contribution < -0.4 is 0 Å². The minimum Gasteiger partial charge on any atom is -0.462 e. The molecular weight excluding hydrogens is 194 g/mol. The van der Waals surface area contributed by atoms with E-state index in [9.17, 15) is 9.59 Å². The number of hydrogen-bond acceptors (Lipinski definition) is 4. The first-order valence-electron chi connectivity index (χ1n) is 4.54. The van der Waals surface area contributed by atoms with E-state index in [1.165, 1.54) is 12.1 Å². The van der Waals surface area contributed by atoms with Crippen LogP contribution in [0, 0.1) is 6.92 Å². The number of isocyanates is 1. The Bertz CT molecular complexity index is 420. The Morgan fingerprint density at radius 1 is 1.53 bits per heavy atom. The third kappa shape index (κ3) is 2.76. The van der Waals surface area contributed by atoms with Crippen molar-refractivity contribution in [2.45, 2.75) is 13.8 Å². The molecular formula is C11H11NO3. The van der Waals surface area contributed by atoms with Gasteiger partial charge in [0, 0.05) is 0 Å². The van der Waals surface area contributed by atoms with Crippen LogP contribution >= 0.6 is 0 Å². The Hall–Kier alpha value is -1.93. The minimum atomic E-state index is -0.405. The first kappa shape index (κ1) is 11.1. The molecule has 0 fully saturated rings. The fourth-order valence-electron chi connectivity index (χ4n) is 1.16. The van der Waals surface area contributed by atoms with Crippen LogP contribution in [0.25, 0.3) is 0 Å². The number of aliphatic imine (C=N–C) groups is 1. The number of rotatable bonds is 3. The van der Waals surface area contributed by atoms with Crippen molar-refractivity contribution in [3.05, 3.63) is 29.3 Å². The maximum atomic E-state index is 11.5. The third-order valence-electron chi connectivity index (χ3n) is 1.89. The van der Waals surface area contributed by atoms with Crippen molar-refractivity contribution in [3.63, 3.8) is 0 Å². The first-order valence-corrected chi connectivity index (χ1v) is 4.54. The maximum absolute atomic E-state index is 11.5. The molecule has 78 valence electrons. The van der Waals surface area contributed by atoms with Gasteiger partial charge >= 0.3 is 5.97 Å². The monoisotopic (exact) mass is 205 g/mol. The molecule has 0 amide bonds. The molecule has 0 radical (unpaired) electrons. The molecule has 1 aromatic rings. The van der Waals surface area contributed by atoms with E-state index in [1.54, 1.807) is 26.0 Å². The van der Waals surface area contributed by atoms with Gasteiger partial charge < -0.3 is 4.74 Å². The van der Waals surface area contributed by atoms with Gasteiger partial charge in [0.1, 0.15) is 0 Å². The predicted molar refractivity (Wildman–Crippen MR) is 54.9 cm³/mol. The highest BCUT2D eigenvalue weighted by molar-refractivity contribution is 5.92. The minimum absolute atomic E-state index is 0.319. The summed E-state index contributed by atoms with van der Waals surface area (Å²) in [5, 5.41) is 0. The molecule has 4 nitrogen and oxygen atoms in total. The second kappa shape index (κ2) is 5.08. The largest absolute Gasteiger partial charge is 0.462 e. The van der Waals surface area contributed by atoms with Crippen molar-refractivity contribution >= 4 is 17.7 Å². The quantitative estimate of drug-likeness (QED) is 0.431. The predicted octanol–water partition coefficient (Wildman–Crippen LogP) is 2.14. The molecule has 0 saturated carbocycles. The molecule has 1 rings (SSSR count). The van der Waals surface area contributed by atoms with E-state index in [4.69, 9.17) is 4.74 Å². The third-order valence-corrected chi connectivity index (χ3v) is 1.89. The molecule has 0 aromatic heterocycles. The van der Waals surface area contributed by atoms with Gasteiger partial charge in [-0.05, 0) is 31.5 Å². The Labute approximate surface area is 87.6 Å². The van der Waals surface area contributed by atoms with Gasteiger partial charge in [-0.2, -0.15) is 4.99 Å². The molecule has 0 heterocycles. The fourth-order valence-corrected chi connectivity index (χ4v) is 1.16. The molecule has 0 atom stereocenters. The SMILES string of the molecule is CCOC(=O)c1cc(N=C=O)ccc1C. The fraction of sp³-hybridized carbons (Fsp3) is 0.273. The summed E-state index contributed by atoms with van der Waals surface area (Å²) in [6.45, 7) is 3.85. The summed E-state index contributed by atoms with van der Waals surface area (Å²) >= 11 is 0. The van der Waals surface area contributed by atoms with Crippen molar-refractivity contribution in [2.75, 3.05) is 6.61 Å². The van der Waals surface area contributed by atoms with E-state index in [-0.39, 0.29) is 0 Å². The highest BCUT2D eigenvalue weighted by Gasteiger charge is 2.10. The molecule has 1 aromatic carbocycles. The van der Waals surface area contributed by atoms with Gasteiger partial charge in [0.15, 0.2) is 0 Å². The zero-order valence-corrected chi connectivity index (χ0v) is 8.61.